The van der Waals surface area contributed by atoms with E-state index in [1.54, 1.807) is 19.1 Å². The van der Waals surface area contributed by atoms with E-state index in [9.17, 15) is 10.1 Å². The monoisotopic (exact) mass is 282 g/mol. The summed E-state index contributed by atoms with van der Waals surface area (Å²) in [4.78, 5) is 10.7. The zero-order valence-electron chi connectivity index (χ0n) is 12.0. The first-order chi connectivity index (χ1) is 10.2. The third-order valence-corrected chi connectivity index (χ3v) is 4.20. The molecule has 1 aliphatic carbocycles. The van der Waals surface area contributed by atoms with E-state index >= 15 is 0 Å². The van der Waals surface area contributed by atoms with Gasteiger partial charge in [-0.2, -0.15) is 0 Å². The molecule has 1 aliphatic rings. The molecule has 1 unspecified atom stereocenters. The van der Waals surface area contributed by atoms with Gasteiger partial charge in [-0.25, -0.2) is 0 Å². The first kappa shape index (κ1) is 13.6. The van der Waals surface area contributed by atoms with Crippen molar-refractivity contribution in [3.63, 3.8) is 0 Å². The molecule has 21 heavy (non-hydrogen) atoms. The summed E-state index contributed by atoms with van der Waals surface area (Å²) in [6.07, 6.45) is 3.31. The van der Waals surface area contributed by atoms with Gasteiger partial charge in [0.25, 0.3) is 5.69 Å². The summed E-state index contributed by atoms with van der Waals surface area (Å²) >= 11 is 0. The number of nitro groups is 1. The summed E-state index contributed by atoms with van der Waals surface area (Å²) in [5.74, 6) is 0. The second-order valence-electron chi connectivity index (χ2n) is 5.49. The summed E-state index contributed by atoms with van der Waals surface area (Å²) in [5.41, 5.74) is 4.42. The summed E-state index contributed by atoms with van der Waals surface area (Å²) < 4.78 is 0. The summed E-state index contributed by atoms with van der Waals surface area (Å²) in [6, 6.07) is 13.9. The molecular formula is C17H18N2O2. The van der Waals surface area contributed by atoms with Gasteiger partial charge in [-0.15, -0.1) is 0 Å². The second kappa shape index (κ2) is 5.56. The molecule has 1 atom stereocenters. The zero-order valence-corrected chi connectivity index (χ0v) is 12.0. The van der Waals surface area contributed by atoms with Crippen LogP contribution in [-0.4, -0.2) is 4.92 Å². The van der Waals surface area contributed by atoms with Crippen LogP contribution in [0.1, 0.15) is 35.6 Å². The molecule has 0 radical (unpaired) electrons. The average Bonchev–Trinajstić information content (AvgIpc) is 2.49. The number of nitrogens with one attached hydrogen (secondary N) is 1. The van der Waals surface area contributed by atoms with Crippen LogP contribution < -0.4 is 5.32 Å². The minimum atomic E-state index is -0.324. The van der Waals surface area contributed by atoms with Crippen LogP contribution in [0.2, 0.25) is 0 Å². The molecule has 0 spiro atoms. The van der Waals surface area contributed by atoms with E-state index in [0.29, 0.717) is 5.56 Å². The Kier molecular flexibility index (Phi) is 3.60. The van der Waals surface area contributed by atoms with Gasteiger partial charge in [0.15, 0.2) is 0 Å². The Labute approximate surface area is 124 Å². The third kappa shape index (κ3) is 2.61. The fourth-order valence-electron chi connectivity index (χ4n) is 3.07. The highest BCUT2D eigenvalue weighted by Crippen LogP contribution is 2.34. The maximum Gasteiger partial charge on any atom is 0.274 e. The van der Waals surface area contributed by atoms with Crippen molar-refractivity contribution in [1.82, 2.24) is 0 Å². The lowest BCUT2D eigenvalue weighted by Crippen LogP contribution is -2.17. The molecular weight excluding hydrogens is 264 g/mol. The quantitative estimate of drug-likeness (QED) is 0.671. The van der Waals surface area contributed by atoms with Crippen molar-refractivity contribution in [3.05, 3.63) is 69.3 Å². The molecule has 0 bridgehead atoms. The SMILES string of the molecule is Cc1c(NC2CCCc3ccccc32)cccc1[N+](=O)[O-]. The predicted molar refractivity (Wildman–Crippen MR) is 83.6 cm³/mol. The van der Waals surface area contributed by atoms with Gasteiger partial charge in [-0.1, -0.05) is 30.3 Å². The summed E-state index contributed by atoms with van der Waals surface area (Å²) in [7, 11) is 0. The number of benzene rings is 2. The standard InChI is InChI=1S/C17H18N2O2/c1-12-15(9-5-11-17(12)19(20)21)18-16-10-4-7-13-6-2-3-8-14(13)16/h2-3,5-6,8-9,11,16,18H,4,7,10H2,1H3. The lowest BCUT2D eigenvalue weighted by Gasteiger charge is -2.27. The molecule has 0 amide bonds. The molecule has 0 heterocycles. The van der Waals surface area contributed by atoms with Crippen LogP contribution in [-0.2, 0) is 6.42 Å². The smallest absolute Gasteiger partial charge is 0.274 e. The van der Waals surface area contributed by atoms with Crippen molar-refractivity contribution >= 4 is 11.4 Å². The number of fused-ring (bicyclic) bond motifs is 1. The van der Waals surface area contributed by atoms with Crippen LogP contribution in [0.3, 0.4) is 0 Å². The normalized spacial score (nSPS) is 17.1. The topological polar surface area (TPSA) is 55.2 Å². The third-order valence-electron chi connectivity index (χ3n) is 4.20. The van der Waals surface area contributed by atoms with Crippen LogP contribution in [0.15, 0.2) is 42.5 Å². The summed E-state index contributed by atoms with van der Waals surface area (Å²) in [6.45, 7) is 1.80. The van der Waals surface area contributed by atoms with E-state index in [-0.39, 0.29) is 16.7 Å². The minimum Gasteiger partial charge on any atom is -0.378 e. The Morgan fingerprint density at radius 3 is 2.81 bits per heavy atom. The Morgan fingerprint density at radius 2 is 2.00 bits per heavy atom. The Hall–Kier alpha value is -2.36. The molecule has 2 aromatic carbocycles. The molecule has 4 nitrogen and oxygen atoms in total. The van der Waals surface area contributed by atoms with Crippen molar-refractivity contribution in [2.75, 3.05) is 5.32 Å². The fourth-order valence-corrected chi connectivity index (χ4v) is 3.07. The van der Waals surface area contributed by atoms with Gasteiger partial charge in [-0.05, 0) is 43.4 Å². The highest BCUT2D eigenvalue weighted by molar-refractivity contribution is 5.61. The number of nitrogens with zero attached hydrogens (tertiary/aromatic N) is 1. The van der Waals surface area contributed by atoms with E-state index < -0.39 is 0 Å². The Morgan fingerprint density at radius 1 is 1.19 bits per heavy atom. The number of anilines is 1. The molecule has 0 fully saturated rings. The van der Waals surface area contributed by atoms with Crippen LogP contribution in [0, 0.1) is 17.0 Å². The van der Waals surface area contributed by atoms with Crippen molar-refractivity contribution in [3.8, 4) is 0 Å². The van der Waals surface area contributed by atoms with E-state index in [2.05, 4.69) is 29.6 Å². The maximum absolute atomic E-state index is 11.0. The predicted octanol–water partition coefficient (Wildman–Crippen LogP) is 4.39. The molecule has 108 valence electrons. The van der Waals surface area contributed by atoms with Crippen LogP contribution in [0.4, 0.5) is 11.4 Å². The number of rotatable bonds is 3. The Balaban J connectivity index is 1.92. The van der Waals surface area contributed by atoms with Crippen molar-refractivity contribution in [1.29, 1.82) is 0 Å². The van der Waals surface area contributed by atoms with Gasteiger partial charge in [0.1, 0.15) is 0 Å². The molecule has 0 aliphatic heterocycles. The van der Waals surface area contributed by atoms with Gasteiger partial charge in [0, 0.05) is 17.3 Å². The zero-order chi connectivity index (χ0) is 14.8. The van der Waals surface area contributed by atoms with Gasteiger partial charge in [0.2, 0.25) is 0 Å². The molecule has 3 rings (SSSR count). The van der Waals surface area contributed by atoms with E-state index in [1.165, 1.54) is 11.1 Å². The summed E-state index contributed by atoms with van der Waals surface area (Å²) in [5, 5.41) is 14.5. The van der Waals surface area contributed by atoms with Crippen molar-refractivity contribution in [2.45, 2.75) is 32.2 Å². The number of hydrogen-bond donors (Lipinski definition) is 1. The van der Waals surface area contributed by atoms with E-state index in [1.807, 2.05) is 6.07 Å². The first-order valence-electron chi connectivity index (χ1n) is 7.25. The van der Waals surface area contributed by atoms with E-state index in [4.69, 9.17) is 0 Å². The molecule has 0 saturated carbocycles. The number of aryl methyl sites for hydroxylation is 1. The lowest BCUT2D eigenvalue weighted by molar-refractivity contribution is -0.385. The molecule has 2 aromatic rings. The molecule has 4 heteroatoms. The van der Waals surface area contributed by atoms with Gasteiger partial charge >= 0.3 is 0 Å². The van der Waals surface area contributed by atoms with Crippen LogP contribution in [0.5, 0.6) is 0 Å². The Bertz CT molecular complexity index is 682. The molecule has 0 aromatic heterocycles. The van der Waals surface area contributed by atoms with E-state index in [0.717, 1.165) is 24.9 Å². The van der Waals surface area contributed by atoms with Crippen LogP contribution in [0.25, 0.3) is 0 Å². The first-order valence-corrected chi connectivity index (χ1v) is 7.25. The number of nitro benzene ring substituents is 1. The van der Waals surface area contributed by atoms with Crippen molar-refractivity contribution in [2.24, 2.45) is 0 Å². The average molecular weight is 282 g/mol. The van der Waals surface area contributed by atoms with Gasteiger partial charge in [0.05, 0.1) is 11.0 Å². The molecule has 1 N–H and O–H groups in total. The maximum atomic E-state index is 11.0. The van der Waals surface area contributed by atoms with Gasteiger partial charge < -0.3 is 5.32 Å². The lowest BCUT2D eigenvalue weighted by atomic mass is 9.87. The fraction of sp³-hybridized carbons (Fsp3) is 0.294. The number of hydrogen-bond acceptors (Lipinski definition) is 3. The largest absolute Gasteiger partial charge is 0.378 e. The highest BCUT2D eigenvalue weighted by atomic mass is 16.6. The highest BCUT2D eigenvalue weighted by Gasteiger charge is 2.21. The van der Waals surface area contributed by atoms with Crippen LogP contribution >= 0.6 is 0 Å². The van der Waals surface area contributed by atoms with Gasteiger partial charge in [-0.3, -0.25) is 10.1 Å². The minimum absolute atomic E-state index is 0.170. The molecule has 0 saturated heterocycles. The second-order valence-corrected chi connectivity index (χ2v) is 5.49. The van der Waals surface area contributed by atoms with Crippen molar-refractivity contribution < 1.29 is 4.92 Å².